The van der Waals surface area contributed by atoms with Crippen molar-refractivity contribution in [2.45, 2.75) is 32.6 Å². The molecular weight excluding hydrogens is 360 g/mol. The largest absolute Gasteiger partial charge is 0.494 e. The van der Waals surface area contributed by atoms with Crippen molar-refractivity contribution in [3.05, 3.63) is 29.8 Å². The first kappa shape index (κ1) is 21.6. The summed E-state index contributed by atoms with van der Waals surface area (Å²) in [6.45, 7) is 8.34. The van der Waals surface area contributed by atoms with E-state index in [1.807, 2.05) is 24.3 Å². The van der Waals surface area contributed by atoms with Crippen LogP contribution < -0.4 is 15.5 Å². The molecule has 1 aliphatic rings. The average molecular weight is 393 g/mol. The number of rotatable bonds is 11. The van der Waals surface area contributed by atoms with Gasteiger partial charge in [0.15, 0.2) is 5.11 Å². The number of hydrogen-bond acceptors (Lipinski definition) is 5. The molecule has 150 valence electrons. The maximum atomic E-state index is 5.74. The van der Waals surface area contributed by atoms with Gasteiger partial charge in [0.25, 0.3) is 0 Å². The summed E-state index contributed by atoms with van der Waals surface area (Å²) in [6.07, 6.45) is 6.61. The summed E-state index contributed by atoms with van der Waals surface area (Å²) >= 11 is 5.24. The van der Waals surface area contributed by atoms with Gasteiger partial charge in [-0.05, 0) is 48.5 Å². The minimum Gasteiger partial charge on any atom is -0.494 e. The maximum absolute atomic E-state index is 5.74. The number of morpholine rings is 1. The normalized spacial score (nSPS) is 15.0. The number of unbranched alkanes of at least 4 members (excludes halogenated alkanes) is 3. The lowest BCUT2D eigenvalue weighted by Gasteiger charge is -2.26. The van der Waals surface area contributed by atoms with E-state index in [4.69, 9.17) is 21.7 Å². The SMILES string of the molecule is CCCCCCOc1ccc(/C=N/NC(=S)NCCN2CCOCC2)cc1. The van der Waals surface area contributed by atoms with Gasteiger partial charge in [-0.1, -0.05) is 26.2 Å². The number of benzene rings is 1. The maximum Gasteiger partial charge on any atom is 0.187 e. The topological polar surface area (TPSA) is 58.1 Å². The molecule has 0 unspecified atom stereocenters. The first-order chi connectivity index (χ1) is 13.3. The fraction of sp³-hybridized carbons (Fsp3) is 0.600. The fourth-order valence-corrected chi connectivity index (χ4v) is 2.88. The molecule has 0 bridgehead atoms. The molecule has 0 atom stereocenters. The van der Waals surface area contributed by atoms with Crippen LogP contribution >= 0.6 is 12.2 Å². The van der Waals surface area contributed by atoms with Crippen LogP contribution in [0.3, 0.4) is 0 Å². The third-order valence-electron chi connectivity index (χ3n) is 4.34. The molecule has 0 saturated carbocycles. The molecular formula is C20H32N4O2S. The van der Waals surface area contributed by atoms with Crippen molar-refractivity contribution < 1.29 is 9.47 Å². The van der Waals surface area contributed by atoms with Crippen LogP contribution in [0.25, 0.3) is 0 Å². The summed E-state index contributed by atoms with van der Waals surface area (Å²) in [6, 6.07) is 7.92. The lowest BCUT2D eigenvalue weighted by Crippen LogP contribution is -2.42. The van der Waals surface area contributed by atoms with E-state index in [0.717, 1.165) is 63.7 Å². The first-order valence-electron chi connectivity index (χ1n) is 9.88. The second-order valence-electron chi connectivity index (χ2n) is 6.56. The van der Waals surface area contributed by atoms with Gasteiger partial charge in [-0.3, -0.25) is 10.3 Å². The Kier molecular flexibility index (Phi) is 10.8. The van der Waals surface area contributed by atoms with Crippen LogP contribution in [0.15, 0.2) is 29.4 Å². The van der Waals surface area contributed by atoms with Crippen LogP contribution in [0.2, 0.25) is 0 Å². The van der Waals surface area contributed by atoms with E-state index in [0.29, 0.717) is 5.11 Å². The smallest absolute Gasteiger partial charge is 0.187 e. The Bertz CT molecular complexity index is 560. The minimum absolute atomic E-state index is 0.534. The molecule has 1 aromatic rings. The third-order valence-corrected chi connectivity index (χ3v) is 4.58. The highest BCUT2D eigenvalue weighted by atomic mass is 32.1. The molecule has 2 N–H and O–H groups in total. The first-order valence-corrected chi connectivity index (χ1v) is 10.3. The Morgan fingerprint density at radius 3 is 2.74 bits per heavy atom. The lowest BCUT2D eigenvalue weighted by atomic mass is 10.2. The number of hydrogen-bond donors (Lipinski definition) is 2. The van der Waals surface area contributed by atoms with Crippen molar-refractivity contribution in [1.82, 2.24) is 15.6 Å². The number of hydrazone groups is 1. The summed E-state index contributed by atoms with van der Waals surface area (Å²) in [5, 5.41) is 7.88. The molecule has 1 aliphatic heterocycles. The molecule has 0 spiro atoms. The zero-order chi connectivity index (χ0) is 19.2. The number of nitrogens with zero attached hydrogens (tertiary/aromatic N) is 2. The summed E-state index contributed by atoms with van der Waals surface area (Å²) in [5.41, 5.74) is 3.85. The van der Waals surface area contributed by atoms with Crippen LogP contribution in [-0.4, -0.2) is 62.2 Å². The highest BCUT2D eigenvalue weighted by Gasteiger charge is 2.09. The summed E-state index contributed by atoms with van der Waals surface area (Å²) in [7, 11) is 0. The fourth-order valence-electron chi connectivity index (χ4n) is 2.73. The molecule has 7 heteroatoms. The Morgan fingerprint density at radius 2 is 2.00 bits per heavy atom. The summed E-state index contributed by atoms with van der Waals surface area (Å²) < 4.78 is 11.1. The molecule has 1 heterocycles. The van der Waals surface area contributed by atoms with Crippen LogP contribution in [0.4, 0.5) is 0 Å². The predicted octanol–water partition coefficient (Wildman–Crippen LogP) is 2.78. The monoisotopic (exact) mass is 392 g/mol. The van der Waals surface area contributed by atoms with Gasteiger partial charge in [0, 0.05) is 26.2 Å². The van der Waals surface area contributed by atoms with Crippen molar-refractivity contribution in [3.8, 4) is 5.75 Å². The van der Waals surface area contributed by atoms with E-state index in [-0.39, 0.29) is 0 Å². The predicted molar refractivity (Wildman–Crippen MR) is 115 cm³/mol. The van der Waals surface area contributed by atoms with Crippen molar-refractivity contribution in [2.75, 3.05) is 46.0 Å². The molecule has 6 nitrogen and oxygen atoms in total. The Labute approximate surface area is 168 Å². The van der Waals surface area contributed by atoms with Crippen molar-refractivity contribution in [3.63, 3.8) is 0 Å². The zero-order valence-electron chi connectivity index (χ0n) is 16.3. The summed E-state index contributed by atoms with van der Waals surface area (Å²) in [5.74, 6) is 0.900. The van der Waals surface area contributed by atoms with Gasteiger partial charge in [-0.25, -0.2) is 0 Å². The number of nitrogens with one attached hydrogen (secondary N) is 2. The van der Waals surface area contributed by atoms with Crippen LogP contribution in [0.5, 0.6) is 5.75 Å². The number of thiocarbonyl (C=S) groups is 1. The van der Waals surface area contributed by atoms with Gasteiger partial charge >= 0.3 is 0 Å². The van der Waals surface area contributed by atoms with Gasteiger partial charge in [-0.2, -0.15) is 5.10 Å². The molecule has 0 aliphatic carbocycles. The second kappa shape index (κ2) is 13.5. The van der Waals surface area contributed by atoms with Crippen molar-refractivity contribution in [1.29, 1.82) is 0 Å². The highest BCUT2D eigenvalue weighted by molar-refractivity contribution is 7.80. The summed E-state index contributed by atoms with van der Waals surface area (Å²) in [4.78, 5) is 2.36. The minimum atomic E-state index is 0.534. The van der Waals surface area contributed by atoms with Crippen LogP contribution in [0, 0.1) is 0 Å². The van der Waals surface area contributed by atoms with E-state index in [1.54, 1.807) is 6.21 Å². The van der Waals surface area contributed by atoms with Crippen molar-refractivity contribution >= 4 is 23.5 Å². The molecule has 27 heavy (non-hydrogen) atoms. The average Bonchev–Trinajstić information content (AvgIpc) is 2.70. The second-order valence-corrected chi connectivity index (χ2v) is 6.97. The molecule has 2 rings (SSSR count). The molecule has 1 aromatic carbocycles. The number of ether oxygens (including phenoxy) is 2. The van der Waals surface area contributed by atoms with Crippen molar-refractivity contribution in [2.24, 2.45) is 5.10 Å². The van der Waals surface area contributed by atoms with E-state index >= 15 is 0 Å². The van der Waals surface area contributed by atoms with Crippen LogP contribution in [-0.2, 0) is 4.74 Å². The van der Waals surface area contributed by atoms with E-state index in [1.165, 1.54) is 19.3 Å². The molecule has 0 aromatic heterocycles. The van der Waals surface area contributed by atoms with E-state index < -0.39 is 0 Å². The molecule has 1 saturated heterocycles. The van der Waals surface area contributed by atoms with Crippen LogP contribution in [0.1, 0.15) is 38.2 Å². The van der Waals surface area contributed by atoms with E-state index in [2.05, 4.69) is 27.7 Å². The highest BCUT2D eigenvalue weighted by Crippen LogP contribution is 2.12. The van der Waals surface area contributed by atoms with Gasteiger partial charge < -0.3 is 14.8 Å². The Balaban J connectivity index is 1.58. The van der Waals surface area contributed by atoms with Gasteiger partial charge in [0.05, 0.1) is 26.0 Å². The zero-order valence-corrected chi connectivity index (χ0v) is 17.1. The third kappa shape index (κ3) is 9.70. The quantitative estimate of drug-likeness (QED) is 0.261. The Hall–Kier alpha value is -1.70. The standard InChI is InChI=1S/C20H32N4O2S/c1-2-3-4-5-14-26-19-8-6-18(7-9-19)17-22-23-20(27)21-10-11-24-12-15-25-16-13-24/h6-9,17H,2-5,10-16H2,1H3,(H2,21,23,27)/b22-17+. The molecule has 1 fully saturated rings. The van der Waals surface area contributed by atoms with Gasteiger partial charge in [-0.15, -0.1) is 0 Å². The van der Waals surface area contributed by atoms with Gasteiger partial charge in [0.1, 0.15) is 5.75 Å². The van der Waals surface area contributed by atoms with Gasteiger partial charge in [0.2, 0.25) is 0 Å². The lowest BCUT2D eigenvalue weighted by molar-refractivity contribution is 0.0389. The molecule has 0 amide bonds. The Morgan fingerprint density at radius 1 is 1.22 bits per heavy atom. The van der Waals surface area contributed by atoms with E-state index in [9.17, 15) is 0 Å². The molecule has 0 radical (unpaired) electrons.